The SMILES string of the molecule is CCCOc1ccc(B2OC(C)(C)C(C)(C)O2)cc1. The molecule has 1 saturated heterocycles. The molecule has 0 atom stereocenters. The van der Waals surface area contributed by atoms with Crippen LogP contribution in [0.25, 0.3) is 0 Å². The van der Waals surface area contributed by atoms with Crippen molar-refractivity contribution in [1.29, 1.82) is 0 Å². The number of hydrogen-bond acceptors (Lipinski definition) is 3. The first-order chi connectivity index (χ1) is 8.86. The second-order valence-corrected chi connectivity index (χ2v) is 6.01. The first kappa shape index (κ1) is 14.4. The summed E-state index contributed by atoms with van der Waals surface area (Å²) in [6.07, 6.45) is 1.01. The van der Waals surface area contributed by atoms with E-state index in [1.807, 2.05) is 24.3 Å². The zero-order valence-electron chi connectivity index (χ0n) is 12.5. The summed E-state index contributed by atoms with van der Waals surface area (Å²) in [7, 11) is -0.301. The van der Waals surface area contributed by atoms with Crippen LogP contribution in [-0.4, -0.2) is 24.9 Å². The van der Waals surface area contributed by atoms with Crippen molar-refractivity contribution in [2.24, 2.45) is 0 Å². The highest BCUT2D eigenvalue weighted by atomic mass is 16.7. The van der Waals surface area contributed by atoms with Crippen LogP contribution >= 0.6 is 0 Å². The molecule has 1 heterocycles. The van der Waals surface area contributed by atoms with E-state index in [0.29, 0.717) is 0 Å². The van der Waals surface area contributed by atoms with Gasteiger partial charge in [0.1, 0.15) is 5.75 Å². The van der Waals surface area contributed by atoms with Crippen molar-refractivity contribution in [3.05, 3.63) is 24.3 Å². The van der Waals surface area contributed by atoms with E-state index in [-0.39, 0.29) is 18.3 Å². The van der Waals surface area contributed by atoms with Crippen LogP contribution in [0, 0.1) is 0 Å². The van der Waals surface area contributed by atoms with Crippen molar-refractivity contribution in [1.82, 2.24) is 0 Å². The number of rotatable bonds is 4. The zero-order chi connectivity index (χ0) is 14.1. The Morgan fingerprint density at radius 2 is 1.53 bits per heavy atom. The molecule has 1 aromatic rings. The molecule has 19 heavy (non-hydrogen) atoms. The standard InChI is InChI=1S/C15H23BO3/c1-6-11-17-13-9-7-12(8-10-13)16-18-14(2,3)15(4,5)19-16/h7-10H,6,11H2,1-5H3. The average Bonchev–Trinajstić information content (AvgIpc) is 2.56. The van der Waals surface area contributed by atoms with Crippen molar-refractivity contribution >= 4 is 12.6 Å². The number of benzene rings is 1. The minimum atomic E-state index is -0.301. The largest absolute Gasteiger partial charge is 0.494 e. The maximum atomic E-state index is 6.01. The van der Waals surface area contributed by atoms with E-state index in [1.165, 1.54) is 0 Å². The van der Waals surface area contributed by atoms with E-state index >= 15 is 0 Å². The molecule has 104 valence electrons. The molecular weight excluding hydrogens is 239 g/mol. The van der Waals surface area contributed by atoms with Gasteiger partial charge >= 0.3 is 7.12 Å². The lowest BCUT2D eigenvalue weighted by Gasteiger charge is -2.32. The average molecular weight is 262 g/mol. The Hall–Kier alpha value is -0.995. The van der Waals surface area contributed by atoms with Crippen LogP contribution in [0.5, 0.6) is 5.75 Å². The molecule has 0 aromatic heterocycles. The highest BCUT2D eigenvalue weighted by Gasteiger charge is 2.51. The van der Waals surface area contributed by atoms with Crippen LogP contribution in [0.2, 0.25) is 0 Å². The van der Waals surface area contributed by atoms with Crippen molar-refractivity contribution in [2.75, 3.05) is 6.61 Å². The predicted octanol–water partition coefficient (Wildman–Crippen LogP) is 2.77. The molecule has 2 rings (SSSR count). The smallest absolute Gasteiger partial charge is 0.494 e. The second-order valence-electron chi connectivity index (χ2n) is 6.01. The lowest BCUT2D eigenvalue weighted by Crippen LogP contribution is -2.41. The topological polar surface area (TPSA) is 27.7 Å². The molecule has 3 nitrogen and oxygen atoms in total. The highest BCUT2D eigenvalue weighted by Crippen LogP contribution is 2.36. The second kappa shape index (κ2) is 5.18. The third-order valence-electron chi connectivity index (χ3n) is 3.88. The van der Waals surface area contributed by atoms with Gasteiger partial charge in [0.2, 0.25) is 0 Å². The first-order valence-electron chi connectivity index (χ1n) is 6.94. The van der Waals surface area contributed by atoms with Crippen LogP contribution in [0.1, 0.15) is 41.0 Å². The van der Waals surface area contributed by atoms with Gasteiger partial charge in [0.05, 0.1) is 17.8 Å². The van der Waals surface area contributed by atoms with E-state index in [1.54, 1.807) is 0 Å². The van der Waals surface area contributed by atoms with Gasteiger partial charge < -0.3 is 14.0 Å². The van der Waals surface area contributed by atoms with Gasteiger partial charge in [0.15, 0.2) is 0 Å². The molecule has 0 unspecified atom stereocenters. The van der Waals surface area contributed by atoms with E-state index in [4.69, 9.17) is 14.0 Å². The molecule has 0 aliphatic carbocycles. The first-order valence-corrected chi connectivity index (χ1v) is 6.94. The quantitative estimate of drug-likeness (QED) is 0.781. The van der Waals surface area contributed by atoms with Crippen LogP contribution in [0.15, 0.2) is 24.3 Å². The summed E-state index contributed by atoms with van der Waals surface area (Å²) in [6, 6.07) is 7.95. The van der Waals surface area contributed by atoms with Crippen LogP contribution in [0.4, 0.5) is 0 Å². The molecule has 1 aromatic carbocycles. The third-order valence-corrected chi connectivity index (χ3v) is 3.88. The lowest BCUT2D eigenvalue weighted by atomic mass is 9.79. The Kier molecular flexibility index (Phi) is 3.93. The Labute approximate surface area is 116 Å². The maximum absolute atomic E-state index is 6.01. The van der Waals surface area contributed by atoms with Crippen molar-refractivity contribution < 1.29 is 14.0 Å². The highest BCUT2D eigenvalue weighted by molar-refractivity contribution is 6.62. The van der Waals surface area contributed by atoms with Crippen LogP contribution in [-0.2, 0) is 9.31 Å². The minimum absolute atomic E-state index is 0.297. The molecule has 0 spiro atoms. The zero-order valence-corrected chi connectivity index (χ0v) is 12.5. The molecule has 0 amide bonds. The predicted molar refractivity (Wildman–Crippen MR) is 77.9 cm³/mol. The number of hydrogen-bond donors (Lipinski definition) is 0. The fourth-order valence-electron chi connectivity index (χ4n) is 1.92. The van der Waals surface area contributed by atoms with Gasteiger partial charge in [-0.05, 0) is 51.7 Å². The summed E-state index contributed by atoms with van der Waals surface area (Å²) < 4.78 is 17.6. The van der Waals surface area contributed by atoms with Gasteiger partial charge in [0.25, 0.3) is 0 Å². The van der Waals surface area contributed by atoms with Crippen LogP contribution < -0.4 is 10.2 Å². The molecular formula is C15H23BO3. The summed E-state index contributed by atoms with van der Waals surface area (Å²) in [6.45, 7) is 11.1. The molecule has 0 radical (unpaired) electrons. The van der Waals surface area contributed by atoms with Crippen molar-refractivity contribution in [3.8, 4) is 5.75 Å². The number of ether oxygens (including phenoxy) is 1. The Morgan fingerprint density at radius 3 is 2.00 bits per heavy atom. The van der Waals surface area contributed by atoms with Gasteiger partial charge in [0, 0.05) is 0 Å². The third kappa shape index (κ3) is 2.95. The molecule has 1 aliphatic rings. The van der Waals surface area contributed by atoms with Gasteiger partial charge in [-0.2, -0.15) is 0 Å². The van der Waals surface area contributed by atoms with Crippen LogP contribution in [0.3, 0.4) is 0 Å². The summed E-state index contributed by atoms with van der Waals surface area (Å²) in [4.78, 5) is 0. The van der Waals surface area contributed by atoms with E-state index in [2.05, 4.69) is 34.6 Å². The fraction of sp³-hybridized carbons (Fsp3) is 0.600. The van der Waals surface area contributed by atoms with Gasteiger partial charge in [-0.25, -0.2) is 0 Å². The van der Waals surface area contributed by atoms with E-state index in [0.717, 1.165) is 24.2 Å². The molecule has 4 heteroatoms. The Balaban J connectivity index is 2.08. The van der Waals surface area contributed by atoms with Crippen molar-refractivity contribution in [3.63, 3.8) is 0 Å². The maximum Gasteiger partial charge on any atom is 0.494 e. The Morgan fingerprint density at radius 1 is 1.00 bits per heavy atom. The summed E-state index contributed by atoms with van der Waals surface area (Å²) >= 11 is 0. The van der Waals surface area contributed by atoms with E-state index in [9.17, 15) is 0 Å². The van der Waals surface area contributed by atoms with Gasteiger partial charge in [-0.3, -0.25) is 0 Å². The summed E-state index contributed by atoms with van der Waals surface area (Å²) in [5.41, 5.74) is 0.437. The van der Waals surface area contributed by atoms with Gasteiger partial charge in [-0.15, -0.1) is 0 Å². The molecule has 0 saturated carbocycles. The molecule has 0 bridgehead atoms. The molecule has 0 N–H and O–H groups in total. The van der Waals surface area contributed by atoms with Crippen molar-refractivity contribution in [2.45, 2.75) is 52.2 Å². The molecule has 1 fully saturated rings. The monoisotopic (exact) mass is 262 g/mol. The van der Waals surface area contributed by atoms with Gasteiger partial charge in [-0.1, -0.05) is 19.1 Å². The fourth-order valence-corrected chi connectivity index (χ4v) is 1.92. The minimum Gasteiger partial charge on any atom is -0.494 e. The van der Waals surface area contributed by atoms with E-state index < -0.39 is 0 Å². The summed E-state index contributed by atoms with van der Waals surface area (Å²) in [5, 5.41) is 0. The lowest BCUT2D eigenvalue weighted by molar-refractivity contribution is 0.00578. The molecule has 1 aliphatic heterocycles. The Bertz CT molecular complexity index is 410. The summed E-state index contributed by atoms with van der Waals surface area (Å²) in [5.74, 6) is 0.891. The normalized spacial score (nSPS) is 20.6.